The first-order valence-electron chi connectivity index (χ1n) is 7.72. The molecule has 26 heavy (non-hydrogen) atoms. The van der Waals surface area contributed by atoms with Crippen molar-refractivity contribution in [3.8, 4) is 17.1 Å². The minimum Gasteiger partial charge on any atom is -0.497 e. The third kappa shape index (κ3) is 2.97. The van der Waals surface area contributed by atoms with Crippen LogP contribution >= 0.6 is 27.3 Å². The summed E-state index contributed by atoms with van der Waals surface area (Å²) in [5, 5.41) is 5.99. The molecule has 0 aliphatic rings. The topological polar surface area (TPSA) is 64.3 Å². The normalized spacial score (nSPS) is 11.0. The standard InChI is InChI=1S/C17H13BBrN5OS/c1-9-15(24-5-3-4-20-16(24)21-9)13-8-26-17(22-13)23-14-11(18)6-10(25-2)7-12(14)19/h3-8H,1-2H3,(H,22,23). The van der Waals surface area contributed by atoms with Crippen LogP contribution in [0.15, 0.2) is 40.4 Å². The molecule has 0 spiro atoms. The van der Waals surface area contributed by atoms with Crippen molar-refractivity contribution in [1.29, 1.82) is 0 Å². The number of hydrogen-bond acceptors (Lipinski definition) is 6. The van der Waals surface area contributed by atoms with Crippen LogP contribution in [0.4, 0.5) is 10.8 Å². The molecule has 0 aliphatic heterocycles. The number of hydrogen-bond donors (Lipinski definition) is 1. The van der Waals surface area contributed by atoms with Gasteiger partial charge in [-0.25, -0.2) is 15.0 Å². The Labute approximate surface area is 163 Å². The summed E-state index contributed by atoms with van der Waals surface area (Å²) in [6.45, 7) is 1.95. The smallest absolute Gasteiger partial charge is 0.234 e. The largest absolute Gasteiger partial charge is 0.497 e. The number of aromatic nitrogens is 4. The van der Waals surface area contributed by atoms with E-state index < -0.39 is 0 Å². The summed E-state index contributed by atoms with van der Waals surface area (Å²) in [7, 11) is 7.73. The molecule has 0 aliphatic carbocycles. The van der Waals surface area contributed by atoms with Crippen molar-refractivity contribution in [2.24, 2.45) is 0 Å². The van der Waals surface area contributed by atoms with Crippen molar-refractivity contribution in [2.45, 2.75) is 6.92 Å². The Hall–Kier alpha value is -2.39. The molecular weight excluding hydrogens is 413 g/mol. The molecule has 0 saturated carbocycles. The Bertz CT molecular complexity index is 1090. The van der Waals surface area contributed by atoms with Crippen LogP contribution < -0.4 is 15.5 Å². The lowest BCUT2D eigenvalue weighted by Gasteiger charge is -2.12. The summed E-state index contributed by atoms with van der Waals surface area (Å²) in [5.41, 5.74) is 3.97. The molecule has 3 aromatic heterocycles. The first kappa shape index (κ1) is 17.1. The number of ether oxygens (including phenoxy) is 1. The highest BCUT2D eigenvalue weighted by Gasteiger charge is 2.15. The zero-order valence-corrected chi connectivity index (χ0v) is 16.4. The molecule has 0 bridgehead atoms. The zero-order valence-electron chi connectivity index (χ0n) is 14.0. The average Bonchev–Trinajstić information content (AvgIpc) is 3.20. The van der Waals surface area contributed by atoms with Gasteiger partial charge in [0.1, 0.15) is 19.3 Å². The number of nitrogens with zero attached hydrogens (tertiary/aromatic N) is 4. The Balaban J connectivity index is 1.70. The van der Waals surface area contributed by atoms with E-state index in [1.54, 1.807) is 19.4 Å². The van der Waals surface area contributed by atoms with Crippen LogP contribution in [0, 0.1) is 6.92 Å². The molecule has 6 nitrogen and oxygen atoms in total. The molecule has 0 saturated heterocycles. The number of rotatable bonds is 4. The van der Waals surface area contributed by atoms with Gasteiger partial charge in [-0.05, 0) is 41.1 Å². The first-order valence-corrected chi connectivity index (χ1v) is 9.39. The fraction of sp³-hybridized carbons (Fsp3) is 0.118. The lowest BCUT2D eigenvalue weighted by molar-refractivity contribution is 0.415. The second-order valence-corrected chi connectivity index (χ2v) is 7.28. The van der Waals surface area contributed by atoms with Gasteiger partial charge < -0.3 is 10.1 Å². The molecule has 128 valence electrons. The van der Waals surface area contributed by atoms with Crippen LogP contribution in [0.3, 0.4) is 0 Å². The van der Waals surface area contributed by atoms with Gasteiger partial charge in [0.25, 0.3) is 0 Å². The number of fused-ring (bicyclic) bond motifs is 1. The molecule has 1 N–H and O–H groups in total. The second kappa shape index (κ2) is 6.73. The van der Waals surface area contributed by atoms with E-state index in [0.29, 0.717) is 17.0 Å². The number of methoxy groups -OCH3 is 1. The van der Waals surface area contributed by atoms with Gasteiger partial charge in [-0.2, -0.15) is 0 Å². The van der Waals surface area contributed by atoms with Gasteiger partial charge in [0, 0.05) is 27.9 Å². The van der Waals surface area contributed by atoms with Crippen LogP contribution in [0.5, 0.6) is 5.75 Å². The fourth-order valence-electron chi connectivity index (χ4n) is 2.71. The SMILES string of the molecule is [B]c1cc(OC)cc(Br)c1Nc1nc(-c2c(C)nc3ncccn23)cs1. The number of halogens is 1. The summed E-state index contributed by atoms with van der Waals surface area (Å²) in [4.78, 5) is 13.5. The molecule has 9 heteroatoms. The molecule has 0 unspecified atom stereocenters. The summed E-state index contributed by atoms with van der Waals surface area (Å²) in [6.07, 6.45) is 3.66. The number of aryl methyl sites for hydroxylation is 1. The van der Waals surface area contributed by atoms with E-state index in [4.69, 9.17) is 17.6 Å². The average molecular weight is 426 g/mol. The minimum atomic E-state index is 0.572. The number of nitrogens with one attached hydrogen (secondary N) is 1. The maximum atomic E-state index is 6.13. The van der Waals surface area contributed by atoms with E-state index >= 15 is 0 Å². The van der Waals surface area contributed by atoms with Gasteiger partial charge in [-0.3, -0.25) is 4.40 Å². The third-order valence-electron chi connectivity index (χ3n) is 3.89. The van der Waals surface area contributed by atoms with E-state index in [1.165, 1.54) is 11.3 Å². The van der Waals surface area contributed by atoms with Gasteiger partial charge in [0.15, 0.2) is 5.13 Å². The molecule has 2 radical (unpaired) electrons. The predicted molar refractivity (Wildman–Crippen MR) is 108 cm³/mol. The van der Waals surface area contributed by atoms with Crippen molar-refractivity contribution < 1.29 is 4.74 Å². The quantitative estimate of drug-likeness (QED) is 0.507. The Morgan fingerprint density at radius 3 is 2.92 bits per heavy atom. The second-order valence-electron chi connectivity index (χ2n) is 5.57. The first-order chi connectivity index (χ1) is 12.6. The highest BCUT2D eigenvalue weighted by atomic mass is 79.9. The monoisotopic (exact) mass is 425 g/mol. The molecule has 0 amide bonds. The Morgan fingerprint density at radius 1 is 1.31 bits per heavy atom. The molecule has 4 rings (SSSR count). The van der Waals surface area contributed by atoms with Crippen LogP contribution in [0.1, 0.15) is 5.69 Å². The molecule has 1 aromatic carbocycles. The summed E-state index contributed by atoms with van der Waals surface area (Å²) in [5.74, 6) is 1.35. The third-order valence-corrected chi connectivity index (χ3v) is 5.27. The number of imidazole rings is 1. The van der Waals surface area contributed by atoms with E-state index in [2.05, 4.69) is 31.2 Å². The van der Waals surface area contributed by atoms with Crippen LogP contribution in [0.2, 0.25) is 0 Å². The molecule has 3 heterocycles. The summed E-state index contributed by atoms with van der Waals surface area (Å²) >= 11 is 5.01. The van der Waals surface area contributed by atoms with Crippen molar-refractivity contribution in [3.05, 3.63) is 46.1 Å². The van der Waals surface area contributed by atoms with Gasteiger partial charge in [0.05, 0.1) is 18.5 Å². The van der Waals surface area contributed by atoms with Crippen LogP contribution in [-0.2, 0) is 0 Å². The molecule has 4 aromatic rings. The number of anilines is 2. The minimum absolute atomic E-state index is 0.572. The lowest BCUT2D eigenvalue weighted by Crippen LogP contribution is -2.10. The molecular formula is C17H13BBrN5OS. The van der Waals surface area contributed by atoms with E-state index in [1.807, 2.05) is 35.0 Å². The van der Waals surface area contributed by atoms with Gasteiger partial charge in [-0.1, -0.05) is 5.46 Å². The van der Waals surface area contributed by atoms with E-state index in [-0.39, 0.29) is 0 Å². The lowest BCUT2D eigenvalue weighted by atomic mass is 9.94. The maximum Gasteiger partial charge on any atom is 0.234 e. The fourth-order valence-corrected chi connectivity index (χ4v) is 3.96. The Kier molecular flexibility index (Phi) is 4.42. The molecule has 0 atom stereocenters. The van der Waals surface area contributed by atoms with Gasteiger partial charge in [-0.15, -0.1) is 11.3 Å². The highest BCUT2D eigenvalue weighted by molar-refractivity contribution is 9.10. The maximum absolute atomic E-state index is 6.13. The van der Waals surface area contributed by atoms with Crippen molar-refractivity contribution in [1.82, 2.24) is 19.4 Å². The number of benzene rings is 1. The van der Waals surface area contributed by atoms with Crippen molar-refractivity contribution in [2.75, 3.05) is 12.4 Å². The summed E-state index contributed by atoms with van der Waals surface area (Å²) < 4.78 is 7.96. The van der Waals surface area contributed by atoms with E-state index in [9.17, 15) is 0 Å². The predicted octanol–water partition coefficient (Wildman–Crippen LogP) is 3.47. The van der Waals surface area contributed by atoms with Gasteiger partial charge >= 0.3 is 0 Å². The van der Waals surface area contributed by atoms with Crippen LogP contribution in [0.25, 0.3) is 17.2 Å². The van der Waals surface area contributed by atoms with E-state index in [0.717, 1.165) is 32.4 Å². The highest BCUT2D eigenvalue weighted by Crippen LogP contribution is 2.32. The summed E-state index contributed by atoms with van der Waals surface area (Å²) in [6, 6.07) is 5.49. The van der Waals surface area contributed by atoms with Gasteiger partial charge in [0.2, 0.25) is 5.78 Å². The van der Waals surface area contributed by atoms with Crippen molar-refractivity contribution >= 4 is 57.2 Å². The van der Waals surface area contributed by atoms with Crippen LogP contribution in [-0.4, -0.2) is 34.3 Å². The Morgan fingerprint density at radius 2 is 2.15 bits per heavy atom. The molecule has 0 fully saturated rings. The van der Waals surface area contributed by atoms with Crippen molar-refractivity contribution in [3.63, 3.8) is 0 Å². The zero-order chi connectivity index (χ0) is 18.3. The number of thiazole rings is 1.